The van der Waals surface area contributed by atoms with E-state index < -0.39 is 0 Å². The lowest BCUT2D eigenvalue weighted by molar-refractivity contribution is 0.0691. The van der Waals surface area contributed by atoms with Gasteiger partial charge in [0.05, 0.1) is 4.88 Å². The van der Waals surface area contributed by atoms with E-state index in [1.165, 1.54) is 5.56 Å². The van der Waals surface area contributed by atoms with E-state index in [-0.39, 0.29) is 11.3 Å². The number of carbonyl (C=O) groups is 1. The first kappa shape index (κ1) is 12.9. The summed E-state index contributed by atoms with van der Waals surface area (Å²) in [5, 5.41) is 2.22. The van der Waals surface area contributed by atoms with Crippen molar-refractivity contribution >= 4 is 28.8 Å². The van der Waals surface area contributed by atoms with Crippen molar-refractivity contribution in [3.8, 4) is 0 Å². The molecule has 1 aromatic heterocycles. The third kappa shape index (κ3) is 2.66. The molecule has 1 aromatic rings. The maximum atomic E-state index is 12.4. The van der Waals surface area contributed by atoms with Crippen molar-refractivity contribution in [1.82, 2.24) is 4.90 Å². The van der Waals surface area contributed by atoms with Crippen molar-refractivity contribution in [3.05, 3.63) is 21.9 Å². The van der Waals surface area contributed by atoms with E-state index in [2.05, 4.69) is 19.9 Å². The summed E-state index contributed by atoms with van der Waals surface area (Å²) in [7, 11) is 0. The van der Waals surface area contributed by atoms with Gasteiger partial charge in [-0.25, -0.2) is 0 Å². The second kappa shape index (κ2) is 5.40. The number of alkyl halides is 1. The summed E-state index contributed by atoms with van der Waals surface area (Å²) in [6, 6.07) is 2.05. The Bertz CT molecular complexity index is 404. The minimum Gasteiger partial charge on any atom is -0.338 e. The van der Waals surface area contributed by atoms with Gasteiger partial charge in [-0.3, -0.25) is 4.79 Å². The lowest BCUT2D eigenvalue weighted by Crippen LogP contribution is -2.43. The highest BCUT2D eigenvalue weighted by Crippen LogP contribution is 2.25. The van der Waals surface area contributed by atoms with Gasteiger partial charge < -0.3 is 4.90 Å². The summed E-state index contributed by atoms with van der Waals surface area (Å²) >= 11 is 7.74. The van der Waals surface area contributed by atoms with E-state index in [9.17, 15) is 4.79 Å². The van der Waals surface area contributed by atoms with Crippen LogP contribution in [0, 0.1) is 5.92 Å². The van der Waals surface area contributed by atoms with Crippen LogP contribution in [-0.4, -0.2) is 29.3 Å². The first-order valence-electron chi connectivity index (χ1n) is 6.13. The van der Waals surface area contributed by atoms with Crippen LogP contribution in [0.15, 0.2) is 11.4 Å². The van der Waals surface area contributed by atoms with Crippen LogP contribution < -0.4 is 0 Å². The van der Waals surface area contributed by atoms with Crippen LogP contribution in [0.3, 0.4) is 0 Å². The molecule has 94 valence electrons. The molecule has 1 aliphatic rings. The highest BCUT2D eigenvalue weighted by atomic mass is 35.5. The molecule has 1 saturated heterocycles. The van der Waals surface area contributed by atoms with Crippen LogP contribution in [0.25, 0.3) is 0 Å². The highest BCUT2D eigenvalue weighted by molar-refractivity contribution is 7.12. The molecule has 2 atom stereocenters. The van der Waals surface area contributed by atoms with Gasteiger partial charge in [0.1, 0.15) is 0 Å². The van der Waals surface area contributed by atoms with E-state index in [0.29, 0.717) is 5.92 Å². The van der Waals surface area contributed by atoms with Crippen molar-refractivity contribution < 1.29 is 4.79 Å². The van der Waals surface area contributed by atoms with Crippen LogP contribution in [0.5, 0.6) is 0 Å². The molecule has 2 unspecified atom stereocenters. The predicted molar refractivity (Wildman–Crippen MR) is 73.0 cm³/mol. The molecular formula is C13H18ClNOS. The molecule has 2 rings (SSSR count). The number of likely N-dealkylation sites (tertiary alicyclic amines) is 1. The molecule has 0 bridgehead atoms. The SMILES string of the molecule is CCc1ccsc1C(=O)N1CCC(Cl)C(C)C1. The Morgan fingerprint density at radius 1 is 1.65 bits per heavy atom. The van der Waals surface area contributed by atoms with Crippen LogP contribution in [0.2, 0.25) is 0 Å². The second-order valence-corrected chi connectivity index (χ2v) is 6.14. The van der Waals surface area contributed by atoms with Crippen LogP contribution in [0.1, 0.15) is 35.5 Å². The van der Waals surface area contributed by atoms with Crippen molar-refractivity contribution in [2.24, 2.45) is 5.92 Å². The second-order valence-electron chi connectivity index (χ2n) is 4.66. The molecule has 2 nitrogen and oxygen atoms in total. The number of piperidine rings is 1. The van der Waals surface area contributed by atoms with E-state index in [1.54, 1.807) is 11.3 Å². The summed E-state index contributed by atoms with van der Waals surface area (Å²) in [5.74, 6) is 0.576. The van der Waals surface area contributed by atoms with Crippen LogP contribution >= 0.6 is 22.9 Å². The summed E-state index contributed by atoms with van der Waals surface area (Å²) in [6.45, 7) is 5.78. The van der Waals surface area contributed by atoms with Crippen LogP contribution in [-0.2, 0) is 6.42 Å². The van der Waals surface area contributed by atoms with Gasteiger partial charge in [-0.05, 0) is 35.8 Å². The molecule has 1 aliphatic heterocycles. The lowest BCUT2D eigenvalue weighted by atomic mass is 9.99. The number of hydrogen-bond acceptors (Lipinski definition) is 2. The third-order valence-electron chi connectivity index (χ3n) is 3.41. The van der Waals surface area contributed by atoms with Crippen molar-refractivity contribution in [2.75, 3.05) is 13.1 Å². The van der Waals surface area contributed by atoms with Gasteiger partial charge in [-0.2, -0.15) is 0 Å². The zero-order valence-corrected chi connectivity index (χ0v) is 11.9. The molecule has 0 saturated carbocycles. The fraction of sp³-hybridized carbons (Fsp3) is 0.615. The van der Waals surface area contributed by atoms with Gasteiger partial charge >= 0.3 is 0 Å². The van der Waals surface area contributed by atoms with E-state index in [1.807, 2.05) is 10.3 Å². The topological polar surface area (TPSA) is 20.3 Å². The van der Waals surface area contributed by atoms with Gasteiger partial charge in [0, 0.05) is 18.5 Å². The van der Waals surface area contributed by atoms with E-state index in [4.69, 9.17) is 11.6 Å². The molecule has 1 amide bonds. The minimum atomic E-state index is 0.187. The Morgan fingerprint density at radius 3 is 3.06 bits per heavy atom. The number of thiophene rings is 1. The monoisotopic (exact) mass is 271 g/mol. The molecule has 2 heterocycles. The summed E-state index contributed by atoms with van der Waals surface area (Å²) in [4.78, 5) is 15.2. The number of amides is 1. The lowest BCUT2D eigenvalue weighted by Gasteiger charge is -2.34. The smallest absolute Gasteiger partial charge is 0.264 e. The Labute approximate surface area is 112 Å². The van der Waals surface area contributed by atoms with Crippen LogP contribution in [0.4, 0.5) is 0 Å². The number of nitrogens with zero attached hydrogens (tertiary/aromatic N) is 1. The molecule has 4 heteroatoms. The summed E-state index contributed by atoms with van der Waals surface area (Å²) in [5.41, 5.74) is 1.17. The minimum absolute atomic E-state index is 0.187. The normalized spacial score (nSPS) is 25.0. The molecule has 0 radical (unpaired) electrons. The van der Waals surface area contributed by atoms with Crippen molar-refractivity contribution in [1.29, 1.82) is 0 Å². The largest absolute Gasteiger partial charge is 0.338 e. The molecular weight excluding hydrogens is 254 g/mol. The Morgan fingerprint density at radius 2 is 2.41 bits per heavy atom. The van der Waals surface area contributed by atoms with Gasteiger partial charge in [0.25, 0.3) is 5.91 Å². The number of halogens is 1. The molecule has 0 aliphatic carbocycles. The molecule has 0 N–H and O–H groups in total. The average Bonchev–Trinajstić information content (AvgIpc) is 2.80. The zero-order chi connectivity index (χ0) is 12.4. The number of carbonyl (C=O) groups excluding carboxylic acids is 1. The number of aryl methyl sites for hydroxylation is 1. The van der Waals surface area contributed by atoms with Gasteiger partial charge in [0.2, 0.25) is 0 Å². The first-order valence-corrected chi connectivity index (χ1v) is 7.44. The molecule has 0 aromatic carbocycles. The average molecular weight is 272 g/mol. The quantitative estimate of drug-likeness (QED) is 0.755. The summed E-state index contributed by atoms with van der Waals surface area (Å²) in [6.07, 6.45) is 1.83. The predicted octanol–water partition coefficient (Wildman–Crippen LogP) is 3.40. The standard InChI is InChI=1S/C13H18ClNOS/c1-3-10-5-7-17-12(10)13(16)15-6-4-11(14)9(2)8-15/h5,7,9,11H,3-4,6,8H2,1-2H3. The third-order valence-corrected chi connectivity index (χ3v) is 5.00. The number of hydrogen-bond donors (Lipinski definition) is 0. The van der Waals surface area contributed by atoms with Gasteiger partial charge in [-0.1, -0.05) is 13.8 Å². The molecule has 17 heavy (non-hydrogen) atoms. The van der Waals surface area contributed by atoms with E-state index >= 15 is 0 Å². The zero-order valence-electron chi connectivity index (χ0n) is 10.3. The maximum Gasteiger partial charge on any atom is 0.264 e. The highest BCUT2D eigenvalue weighted by Gasteiger charge is 2.28. The Kier molecular flexibility index (Phi) is 4.10. The van der Waals surface area contributed by atoms with Crippen molar-refractivity contribution in [2.45, 2.75) is 32.1 Å². The van der Waals surface area contributed by atoms with E-state index in [0.717, 1.165) is 30.8 Å². The Hall–Kier alpha value is -0.540. The first-order chi connectivity index (χ1) is 8.13. The fourth-order valence-electron chi connectivity index (χ4n) is 2.25. The maximum absolute atomic E-state index is 12.4. The van der Waals surface area contributed by atoms with Gasteiger partial charge in [0.15, 0.2) is 0 Å². The van der Waals surface area contributed by atoms with Gasteiger partial charge in [-0.15, -0.1) is 22.9 Å². The molecule has 0 spiro atoms. The van der Waals surface area contributed by atoms with Crippen molar-refractivity contribution in [3.63, 3.8) is 0 Å². The number of rotatable bonds is 2. The fourth-order valence-corrected chi connectivity index (χ4v) is 3.39. The molecule has 1 fully saturated rings. The Balaban J connectivity index is 2.10. The summed E-state index contributed by atoms with van der Waals surface area (Å²) < 4.78 is 0.